The largest absolute Gasteiger partial charge is 0.338 e. The van der Waals surface area contributed by atoms with Crippen molar-refractivity contribution < 1.29 is 13.6 Å². The maximum absolute atomic E-state index is 13.6. The monoisotopic (exact) mass is 384 g/mol. The van der Waals surface area contributed by atoms with E-state index in [4.69, 9.17) is 0 Å². The van der Waals surface area contributed by atoms with Crippen molar-refractivity contribution in [1.82, 2.24) is 20.4 Å². The Morgan fingerprint density at radius 1 is 1.07 bits per heavy atom. The summed E-state index contributed by atoms with van der Waals surface area (Å²) in [5, 5.41) is 10.0. The molecule has 0 atom stereocenters. The summed E-state index contributed by atoms with van der Waals surface area (Å²) in [5.74, 6) is -1.23. The number of carbonyl (C=O) groups excluding carboxylic acids is 1. The fourth-order valence-electron chi connectivity index (χ4n) is 3.02. The second kappa shape index (κ2) is 8.65. The summed E-state index contributed by atoms with van der Waals surface area (Å²) in [4.78, 5) is 12.0. The third-order valence-electron chi connectivity index (χ3n) is 4.56. The molecule has 0 unspecified atom stereocenters. The van der Waals surface area contributed by atoms with Gasteiger partial charge in [0.15, 0.2) is 0 Å². The molecule has 0 spiro atoms. The summed E-state index contributed by atoms with van der Waals surface area (Å²) >= 11 is 0. The van der Waals surface area contributed by atoms with E-state index in [0.717, 1.165) is 28.7 Å². The quantitative estimate of drug-likeness (QED) is 0.679. The van der Waals surface area contributed by atoms with Gasteiger partial charge in [0.1, 0.15) is 11.6 Å². The number of halogens is 2. The Morgan fingerprint density at radius 2 is 1.82 bits per heavy atom. The van der Waals surface area contributed by atoms with Crippen LogP contribution >= 0.6 is 0 Å². The molecule has 5 nitrogen and oxygen atoms in total. The van der Waals surface area contributed by atoms with Crippen molar-refractivity contribution in [2.45, 2.75) is 26.8 Å². The summed E-state index contributed by atoms with van der Waals surface area (Å²) in [7, 11) is 0. The number of urea groups is 1. The van der Waals surface area contributed by atoms with Gasteiger partial charge in [0.2, 0.25) is 0 Å². The Labute approximate surface area is 162 Å². The molecule has 3 rings (SSSR count). The average molecular weight is 384 g/mol. The van der Waals surface area contributed by atoms with Crippen LogP contribution in [-0.2, 0) is 13.0 Å². The zero-order valence-corrected chi connectivity index (χ0v) is 15.8. The summed E-state index contributed by atoms with van der Waals surface area (Å²) in [6.07, 6.45) is 0.281. The van der Waals surface area contributed by atoms with Crippen LogP contribution < -0.4 is 10.6 Å². The molecule has 1 aromatic heterocycles. The third kappa shape index (κ3) is 4.54. The van der Waals surface area contributed by atoms with E-state index in [2.05, 4.69) is 15.7 Å². The van der Waals surface area contributed by atoms with Gasteiger partial charge in [-0.2, -0.15) is 5.10 Å². The molecule has 0 fully saturated rings. The predicted octanol–water partition coefficient (Wildman–Crippen LogP) is 3.81. The van der Waals surface area contributed by atoms with E-state index >= 15 is 0 Å². The molecule has 0 aliphatic carbocycles. The summed E-state index contributed by atoms with van der Waals surface area (Å²) in [6, 6.07) is 12.8. The van der Waals surface area contributed by atoms with E-state index in [0.29, 0.717) is 12.1 Å². The van der Waals surface area contributed by atoms with Crippen LogP contribution in [0.4, 0.5) is 13.6 Å². The number of aryl methyl sites for hydroxylation is 1. The highest BCUT2D eigenvalue weighted by molar-refractivity contribution is 5.73. The second-order valence-electron chi connectivity index (χ2n) is 6.49. The van der Waals surface area contributed by atoms with Gasteiger partial charge < -0.3 is 10.6 Å². The SMILES string of the molecule is Cc1nn(-c2ccccc2)c(C)c1CNC(=O)NCCc1ccc(F)cc1F. The van der Waals surface area contributed by atoms with Crippen LogP contribution in [0, 0.1) is 25.5 Å². The fraction of sp³-hybridized carbons (Fsp3) is 0.238. The number of amides is 2. The molecule has 0 saturated carbocycles. The zero-order valence-electron chi connectivity index (χ0n) is 15.8. The predicted molar refractivity (Wildman–Crippen MR) is 103 cm³/mol. The van der Waals surface area contributed by atoms with Crippen LogP contribution in [0.2, 0.25) is 0 Å². The van der Waals surface area contributed by atoms with Crippen molar-refractivity contribution in [3.05, 3.63) is 82.7 Å². The molecule has 0 bridgehead atoms. The lowest BCUT2D eigenvalue weighted by Crippen LogP contribution is -2.36. The van der Waals surface area contributed by atoms with Gasteiger partial charge in [0, 0.05) is 30.4 Å². The number of rotatable bonds is 6. The first-order chi connectivity index (χ1) is 13.5. The standard InChI is InChI=1S/C21H22F2N4O/c1-14-19(15(2)27(26-14)18-6-4-3-5-7-18)13-25-21(28)24-11-10-16-8-9-17(22)12-20(16)23/h3-9,12H,10-11,13H2,1-2H3,(H2,24,25,28). The van der Waals surface area contributed by atoms with E-state index in [9.17, 15) is 13.6 Å². The van der Waals surface area contributed by atoms with Crippen molar-refractivity contribution in [3.8, 4) is 5.69 Å². The number of nitrogens with zero attached hydrogens (tertiary/aromatic N) is 2. The minimum atomic E-state index is -0.617. The van der Waals surface area contributed by atoms with E-state index in [1.54, 1.807) is 0 Å². The van der Waals surface area contributed by atoms with Gasteiger partial charge in [-0.1, -0.05) is 24.3 Å². The molecule has 2 aromatic carbocycles. The normalized spacial score (nSPS) is 10.7. The van der Waals surface area contributed by atoms with Crippen LogP contribution in [0.25, 0.3) is 5.69 Å². The average Bonchev–Trinajstić information content (AvgIpc) is 2.96. The Balaban J connectivity index is 1.54. The van der Waals surface area contributed by atoms with Crippen LogP contribution in [0.3, 0.4) is 0 Å². The second-order valence-corrected chi connectivity index (χ2v) is 6.49. The lowest BCUT2D eigenvalue weighted by Gasteiger charge is -2.09. The molecule has 0 radical (unpaired) electrons. The molecule has 0 saturated heterocycles. The summed E-state index contributed by atoms with van der Waals surface area (Å²) < 4.78 is 28.4. The van der Waals surface area contributed by atoms with Gasteiger partial charge in [-0.25, -0.2) is 18.3 Å². The van der Waals surface area contributed by atoms with Gasteiger partial charge in [-0.3, -0.25) is 0 Å². The minimum absolute atomic E-state index is 0.246. The summed E-state index contributed by atoms with van der Waals surface area (Å²) in [5.41, 5.74) is 4.06. The van der Waals surface area contributed by atoms with Crippen LogP contribution in [0.1, 0.15) is 22.5 Å². The number of hydrogen-bond acceptors (Lipinski definition) is 2. The number of nitrogens with one attached hydrogen (secondary N) is 2. The van der Waals surface area contributed by atoms with Crippen LogP contribution in [-0.4, -0.2) is 22.4 Å². The van der Waals surface area contributed by atoms with Crippen molar-refractivity contribution in [3.63, 3.8) is 0 Å². The Kier molecular flexibility index (Phi) is 6.03. The molecule has 7 heteroatoms. The zero-order chi connectivity index (χ0) is 20.1. The number of carbonyl (C=O) groups is 1. The van der Waals surface area contributed by atoms with E-state index in [1.165, 1.54) is 12.1 Å². The van der Waals surface area contributed by atoms with Gasteiger partial charge in [-0.15, -0.1) is 0 Å². The van der Waals surface area contributed by atoms with E-state index in [-0.39, 0.29) is 19.0 Å². The lowest BCUT2D eigenvalue weighted by atomic mass is 10.1. The minimum Gasteiger partial charge on any atom is -0.338 e. The van der Waals surface area contributed by atoms with Gasteiger partial charge >= 0.3 is 6.03 Å². The van der Waals surface area contributed by atoms with Crippen LogP contribution in [0.5, 0.6) is 0 Å². The number of para-hydroxylation sites is 1. The molecular formula is C21H22F2N4O. The molecule has 146 valence electrons. The molecule has 0 aliphatic heterocycles. The van der Waals surface area contributed by atoms with Gasteiger partial charge in [-0.05, 0) is 44.0 Å². The molecule has 2 N–H and O–H groups in total. The van der Waals surface area contributed by atoms with E-state index < -0.39 is 11.6 Å². The topological polar surface area (TPSA) is 59.0 Å². The third-order valence-corrected chi connectivity index (χ3v) is 4.56. The molecule has 1 heterocycles. The Bertz CT molecular complexity index is 970. The summed E-state index contributed by atoms with van der Waals surface area (Å²) in [6.45, 7) is 4.44. The highest BCUT2D eigenvalue weighted by Crippen LogP contribution is 2.17. The molecular weight excluding hydrogens is 362 g/mol. The fourth-order valence-corrected chi connectivity index (χ4v) is 3.02. The first-order valence-corrected chi connectivity index (χ1v) is 9.02. The first kappa shape index (κ1) is 19.5. The maximum Gasteiger partial charge on any atom is 0.315 e. The molecule has 2 amide bonds. The van der Waals surface area contributed by atoms with Gasteiger partial charge in [0.25, 0.3) is 0 Å². The van der Waals surface area contributed by atoms with E-state index in [1.807, 2.05) is 48.9 Å². The highest BCUT2D eigenvalue weighted by atomic mass is 19.1. The van der Waals surface area contributed by atoms with Crippen molar-refractivity contribution in [2.24, 2.45) is 0 Å². The Morgan fingerprint density at radius 3 is 2.54 bits per heavy atom. The van der Waals surface area contributed by atoms with Crippen molar-refractivity contribution in [2.75, 3.05) is 6.54 Å². The smallest absolute Gasteiger partial charge is 0.315 e. The highest BCUT2D eigenvalue weighted by Gasteiger charge is 2.13. The molecule has 3 aromatic rings. The maximum atomic E-state index is 13.6. The number of hydrogen-bond donors (Lipinski definition) is 2. The lowest BCUT2D eigenvalue weighted by molar-refractivity contribution is 0.240. The Hall–Kier alpha value is -3.22. The van der Waals surface area contributed by atoms with Crippen molar-refractivity contribution in [1.29, 1.82) is 0 Å². The van der Waals surface area contributed by atoms with Crippen molar-refractivity contribution >= 4 is 6.03 Å². The molecule has 28 heavy (non-hydrogen) atoms. The first-order valence-electron chi connectivity index (χ1n) is 9.02. The number of aromatic nitrogens is 2. The molecule has 0 aliphatic rings. The number of benzene rings is 2. The van der Waals surface area contributed by atoms with Crippen LogP contribution in [0.15, 0.2) is 48.5 Å². The van der Waals surface area contributed by atoms with Gasteiger partial charge in [0.05, 0.1) is 11.4 Å².